The van der Waals surface area contributed by atoms with E-state index in [1.54, 1.807) is 29.2 Å². The van der Waals surface area contributed by atoms with Crippen molar-refractivity contribution < 1.29 is 14.0 Å². The Morgan fingerprint density at radius 1 is 0.902 bits per heavy atom. The number of hydrogen-bond donors (Lipinski definition) is 0. The van der Waals surface area contributed by atoms with Crippen LogP contribution in [-0.2, 0) is 4.79 Å². The molecular weight excluding hydrogens is 564 g/mol. The number of aromatic nitrogens is 2. The molecule has 1 aliphatic rings. The highest BCUT2D eigenvalue weighted by molar-refractivity contribution is 6.36. The number of anilines is 1. The van der Waals surface area contributed by atoms with Crippen LogP contribution in [0.5, 0.6) is 0 Å². The summed E-state index contributed by atoms with van der Waals surface area (Å²) in [5, 5.41) is 9.76. The van der Waals surface area contributed by atoms with Crippen molar-refractivity contribution in [3.05, 3.63) is 112 Å². The van der Waals surface area contributed by atoms with Crippen molar-refractivity contribution in [1.82, 2.24) is 20.0 Å². The highest BCUT2D eigenvalue weighted by atomic mass is 35.5. The molecule has 41 heavy (non-hydrogen) atoms. The van der Waals surface area contributed by atoms with Gasteiger partial charge in [0.25, 0.3) is 5.91 Å². The second kappa shape index (κ2) is 12.7. The average molecular weight is 593 g/mol. The van der Waals surface area contributed by atoms with E-state index in [1.807, 2.05) is 49.4 Å². The van der Waals surface area contributed by atoms with Crippen molar-refractivity contribution >= 4 is 40.8 Å². The molecule has 0 bridgehead atoms. The maximum Gasteiger partial charge on any atom is 0.254 e. The van der Waals surface area contributed by atoms with E-state index in [0.717, 1.165) is 11.1 Å². The molecule has 0 unspecified atom stereocenters. The van der Waals surface area contributed by atoms with E-state index in [0.29, 0.717) is 47.7 Å². The summed E-state index contributed by atoms with van der Waals surface area (Å²) in [6, 6.07) is 23.6. The lowest BCUT2D eigenvalue weighted by molar-refractivity contribution is -0.132. The summed E-state index contributed by atoms with van der Waals surface area (Å²) in [7, 11) is 0. The number of benzene rings is 3. The minimum atomic E-state index is -0.502. The molecule has 1 fully saturated rings. The molecule has 0 spiro atoms. The first-order valence-electron chi connectivity index (χ1n) is 13.2. The molecule has 2 heterocycles. The fraction of sp³-hybridized carbons (Fsp3) is 0.226. The standard InChI is InChI=1S/C31H28Cl2FN5O2/c1-21(22-6-3-2-4-7-22)39(31(41)23-8-5-9-25(34)18-23)20-30(40)38-16-14-37(15-17-38)29-13-12-28(35-36-29)26-11-10-24(32)19-27(26)33/h2-13,18-19,21H,14-17,20H2,1H3/t21-/m0/s1. The molecule has 10 heteroatoms. The zero-order valence-electron chi connectivity index (χ0n) is 22.4. The van der Waals surface area contributed by atoms with Crippen molar-refractivity contribution in [3.8, 4) is 11.3 Å². The predicted octanol–water partition coefficient (Wildman–Crippen LogP) is 6.14. The van der Waals surface area contributed by atoms with Gasteiger partial charge in [-0.15, -0.1) is 10.2 Å². The minimum Gasteiger partial charge on any atom is -0.352 e. The summed E-state index contributed by atoms with van der Waals surface area (Å²) in [6.07, 6.45) is 0. The molecule has 3 aromatic carbocycles. The molecule has 0 saturated carbocycles. The van der Waals surface area contributed by atoms with Gasteiger partial charge in [-0.25, -0.2) is 4.39 Å². The Morgan fingerprint density at radius 2 is 1.66 bits per heavy atom. The van der Waals surface area contributed by atoms with Crippen molar-refractivity contribution in [1.29, 1.82) is 0 Å². The van der Waals surface area contributed by atoms with E-state index < -0.39 is 11.7 Å². The molecule has 0 radical (unpaired) electrons. The molecule has 4 aromatic rings. The summed E-state index contributed by atoms with van der Waals surface area (Å²) in [5.41, 5.74) is 2.47. The van der Waals surface area contributed by atoms with Crippen LogP contribution in [-0.4, -0.2) is 64.5 Å². The third kappa shape index (κ3) is 6.66. The summed E-state index contributed by atoms with van der Waals surface area (Å²) >= 11 is 12.3. The minimum absolute atomic E-state index is 0.123. The number of piperazine rings is 1. The van der Waals surface area contributed by atoms with E-state index >= 15 is 0 Å². The second-order valence-corrected chi connectivity index (χ2v) is 10.6. The van der Waals surface area contributed by atoms with Crippen LogP contribution in [0, 0.1) is 5.82 Å². The number of carbonyl (C=O) groups is 2. The van der Waals surface area contributed by atoms with E-state index in [4.69, 9.17) is 23.2 Å². The van der Waals surface area contributed by atoms with Gasteiger partial charge in [-0.1, -0.05) is 59.6 Å². The number of halogens is 3. The van der Waals surface area contributed by atoms with Crippen molar-refractivity contribution in [2.24, 2.45) is 0 Å². The Kier molecular flexibility index (Phi) is 8.81. The maximum absolute atomic E-state index is 13.9. The van der Waals surface area contributed by atoms with Gasteiger partial charge in [-0.05, 0) is 61.0 Å². The van der Waals surface area contributed by atoms with Gasteiger partial charge < -0.3 is 14.7 Å². The Balaban J connectivity index is 1.25. The van der Waals surface area contributed by atoms with Crippen LogP contribution >= 0.6 is 23.2 Å². The molecule has 2 amide bonds. The number of rotatable bonds is 7. The van der Waals surface area contributed by atoms with E-state index in [1.165, 1.54) is 23.1 Å². The summed E-state index contributed by atoms with van der Waals surface area (Å²) < 4.78 is 13.9. The first-order valence-corrected chi connectivity index (χ1v) is 14.0. The Morgan fingerprint density at radius 3 is 2.32 bits per heavy atom. The van der Waals surface area contributed by atoms with Crippen LogP contribution in [0.15, 0.2) is 84.9 Å². The smallest absolute Gasteiger partial charge is 0.254 e. The van der Waals surface area contributed by atoms with Gasteiger partial charge in [0.1, 0.15) is 12.4 Å². The van der Waals surface area contributed by atoms with E-state index in [-0.39, 0.29) is 24.1 Å². The highest BCUT2D eigenvalue weighted by Crippen LogP contribution is 2.29. The largest absolute Gasteiger partial charge is 0.352 e. The molecule has 7 nitrogen and oxygen atoms in total. The highest BCUT2D eigenvalue weighted by Gasteiger charge is 2.29. The number of amides is 2. The first-order chi connectivity index (χ1) is 19.8. The molecule has 0 aliphatic carbocycles. The average Bonchev–Trinajstić information content (AvgIpc) is 3.00. The topological polar surface area (TPSA) is 69.6 Å². The van der Waals surface area contributed by atoms with Gasteiger partial charge in [0.2, 0.25) is 5.91 Å². The molecule has 210 valence electrons. The third-order valence-electron chi connectivity index (χ3n) is 7.20. The van der Waals surface area contributed by atoms with Gasteiger partial charge in [-0.3, -0.25) is 9.59 Å². The number of hydrogen-bond acceptors (Lipinski definition) is 5. The molecule has 1 atom stereocenters. The lowest BCUT2D eigenvalue weighted by Crippen LogP contribution is -2.52. The second-order valence-electron chi connectivity index (χ2n) is 9.80. The Hall–Kier alpha value is -4.01. The lowest BCUT2D eigenvalue weighted by Gasteiger charge is -2.37. The van der Waals surface area contributed by atoms with Crippen LogP contribution in [0.4, 0.5) is 10.2 Å². The molecule has 5 rings (SSSR count). The SMILES string of the molecule is C[C@@H](c1ccccc1)N(CC(=O)N1CCN(c2ccc(-c3ccc(Cl)cc3Cl)nn2)CC1)C(=O)c1cccc(F)c1. The van der Waals surface area contributed by atoms with Crippen LogP contribution in [0.25, 0.3) is 11.3 Å². The number of carbonyl (C=O) groups excluding carboxylic acids is 2. The number of nitrogens with zero attached hydrogens (tertiary/aromatic N) is 5. The molecule has 1 aliphatic heterocycles. The lowest BCUT2D eigenvalue weighted by atomic mass is 10.1. The summed E-state index contributed by atoms with van der Waals surface area (Å²) in [6.45, 7) is 3.81. The van der Waals surface area contributed by atoms with Crippen LogP contribution in [0.1, 0.15) is 28.9 Å². The van der Waals surface area contributed by atoms with Gasteiger partial charge >= 0.3 is 0 Å². The van der Waals surface area contributed by atoms with Crippen LogP contribution in [0.2, 0.25) is 10.0 Å². The summed E-state index contributed by atoms with van der Waals surface area (Å²) in [4.78, 5) is 32.2. The van der Waals surface area contributed by atoms with Gasteiger partial charge in [-0.2, -0.15) is 0 Å². The van der Waals surface area contributed by atoms with Crippen LogP contribution in [0.3, 0.4) is 0 Å². The van der Waals surface area contributed by atoms with E-state index in [2.05, 4.69) is 15.1 Å². The normalized spacial score (nSPS) is 14.0. The molecule has 1 saturated heterocycles. The van der Waals surface area contributed by atoms with E-state index in [9.17, 15) is 14.0 Å². The van der Waals surface area contributed by atoms with Gasteiger partial charge in [0.15, 0.2) is 5.82 Å². The Labute approximate surface area is 248 Å². The van der Waals surface area contributed by atoms with Crippen molar-refractivity contribution in [3.63, 3.8) is 0 Å². The molecular formula is C31H28Cl2FN5O2. The predicted molar refractivity (Wildman–Crippen MR) is 159 cm³/mol. The molecule has 0 N–H and O–H groups in total. The van der Waals surface area contributed by atoms with Crippen molar-refractivity contribution in [2.45, 2.75) is 13.0 Å². The fourth-order valence-corrected chi connectivity index (χ4v) is 5.35. The van der Waals surface area contributed by atoms with Crippen LogP contribution < -0.4 is 4.90 Å². The van der Waals surface area contributed by atoms with Crippen molar-refractivity contribution in [2.75, 3.05) is 37.6 Å². The van der Waals surface area contributed by atoms with Gasteiger partial charge in [0.05, 0.1) is 16.8 Å². The molecule has 1 aromatic heterocycles. The monoisotopic (exact) mass is 591 g/mol. The third-order valence-corrected chi connectivity index (χ3v) is 7.75. The fourth-order valence-electron chi connectivity index (χ4n) is 4.85. The zero-order valence-corrected chi connectivity index (χ0v) is 23.9. The Bertz CT molecular complexity index is 1530. The van der Waals surface area contributed by atoms with Gasteiger partial charge in [0, 0.05) is 42.3 Å². The quantitative estimate of drug-likeness (QED) is 0.258. The summed E-state index contributed by atoms with van der Waals surface area (Å²) in [5.74, 6) is -0.371. The first kappa shape index (κ1) is 28.5. The zero-order chi connectivity index (χ0) is 28.9. The maximum atomic E-state index is 13.9.